The minimum atomic E-state index is -3.77. The molecule has 7 nitrogen and oxygen atoms in total. The lowest BCUT2D eigenvalue weighted by Crippen LogP contribution is -2.29. The number of rotatable bonds is 6. The van der Waals surface area contributed by atoms with Gasteiger partial charge in [0.2, 0.25) is 10.0 Å². The summed E-state index contributed by atoms with van der Waals surface area (Å²) in [6.07, 6.45) is 2.72. The van der Waals surface area contributed by atoms with E-state index in [0.29, 0.717) is 16.8 Å². The lowest BCUT2D eigenvalue weighted by atomic mass is 10.0. The maximum atomic E-state index is 14.7. The average Bonchev–Trinajstić information content (AvgIpc) is 2.67. The third kappa shape index (κ3) is 4.11. The van der Waals surface area contributed by atoms with Crippen LogP contribution < -0.4 is 16.2 Å². The highest BCUT2D eigenvalue weighted by atomic mass is 32.2. The maximum absolute atomic E-state index is 14.7. The van der Waals surface area contributed by atoms with E-state index in [0.717, 1.165) is 0 Å². The van der Waals surface area contributed by atoms with Gasteiger partial charge < -0.3 is 11.5 Å². The molecule has 3 rings (SSSR count). The Morgan fingerprint density at radius 1 is 1.04 bits per heavy atom. The van der Waals surface area contributed by atoms with Crippen molar-refractivity contribution in [3.8, 4) is 22.4 Å². The molecule has 0 bridgehead atoms. The number of aromatic nitrogens is 2. The SMILES string of the molecule is NCCNS(=O)(=O)c1ccccc1-c1ccc(-c2cnc(N)cn2)c(F)c1. The van der Waals surface area contributed by atoms with Gasteiger partial charge in [0, 0.05) is 24.2 Å². The van der Waals surface area contributed by atoms with Crippen LogP contribution in [-0.2, 0) is 10.0 Å². The Hall–Kier alpha value is -2.88. The molecule has 0 aliphatic heterocycles. The lowest BCUT2D eigenvalue weighted by molar-refractivity contribution is 0.582. The molecule has 0 fully saturated rings. The molecule has 0 saturated heterocycles. The number of nitrogen functional groups attached to an aromatic ring is 1. The average molecular weight is 387 g/mol. The van der Waals surface area contributed by atoms with E-state index in [1.165, 1.54) is 30.6 Å². The number of nitrogens with zero attached hydrogens (tertiary/aromatic N) is 2. The number of hydrogen-bond acceptors (Lipinski definition) is 6. The summed E-state index contributed by atoms with van der Waals surface area (Å²) in [5, 5.41) is 0. The number of halogens is 1. The zero-order chi connectivity index (χ0) is 19.4. The van der Waals surface area contributed by atoms with E-state index in [2.05, 4.69) is 14.7 Å². The van der Waals surface area contributed by atoms with Gasteiger partial charge in [0.15, 0.2) is 0 Å². The van der Waals surface area contributed by atoms with Crippen molar-refractivity contribution in [2.75, 3.05) is 18.8 Å². The van der Waals surface area contributed by atoms with Crippen LogP contribution in [0.15, 0.2) is 59.8 Å². The Labute approximate surface area is 156 Å². The molecular formula is C18H18FN5O2S. The highest BCUT2D eigenvalue weighted by molar-refractivity contribution is 7.89. The summed E-state index contributed by atoms with van der Waals surface area (Å²) in [6, 6.07) is 10.8. The van der Waals surface area contributed by atoms with Crippen molar-refractivity contribution in [1.82, 2.24) is 14.7 Å². The molecule has 0 saturated carbocycles. The molecule has 27 heavy (non-hydrogen) atoms. The topological polar surface area (TPSA) is 124 Å². The van der Waals surface area contributed by atoms with Crippen molar-refractivity contribution < 1.29 is 12.8 Å². The predicted octanol–water partition coefficient (Wildman–Crippen LogP) is 1.77. The molecule has 1 heterocycles. The minimum absolute atomic E-state index is 0.0536. The van der Waals surface area contributed by atoms with Crippen LogP contribution >= 0.6 is 0 Å². The van der Waals surface area contributed by atoms with E-state index >= 15 is 0 Å². The number of anilines is 1. The summed E-state index contributed by atoms with van der Waals surface area (Å²) in [5.41, 5.74) is 12.3. The molecule has 0 spiro atoms. The Kier molecular flexibility index (Phi) is 5.45. The normalized spacial score (nSPS) is 11.5. The summed E-state index contributed by atoms with van der Waals surface area (Å²) < 4.78 is 42.1. The van der Waals surface area contributed by atoms with E-state index < -0.39 is 15.8 Å². The third-order valence-electron chi connectivity index (χ3n) is 3.84. The second kappa shape index (κ2) is 7.78. The molecule has 0 atom stereocenters. The summed E-state index contributed by atoms with van der Waals surface area (Å²) >= 11 is 0. The fourth-order valence-corrected chi connectivity index (χ4v) is 3.85. The van der Waals surface area contributed by atoms with Crippen LogP contribution in [0, 0.1) is 5.82 Å². The van der Waals surface area contributed by atoms with Crippen molar-refractivity contribution in [3.05, 3.63) is 60.7 Å². The molecule has 0 radical (unpaired) electrons. The van der Waals surface area contributed by atoms with Crippen LogP contribution in [0.5, 0.6) is 0 Å². The Morgan fingerprint density at radius 3 is 2.48 bits per heavy atom. The van der Waals surface area contributed by atoms with Crippen molar-refractivity contribution in [3.63, 3.8) is 0 Å². The molecule has 3 aromatic rings. The summed E-state index contributed by atoms with van der Waals surface area (Å²) in [4.78, 5) is 8.01. The zero-order valence-corrected chi connectivity index (χ0v) is 15.1. The van der Waals surface area contributed by atoms with Crippen molar-refractivity contribution >= 4 is 15.8 Å². The minimum Gasteiger partial charge on any atom is -0.382 e. The smallest absolute Gasteiger partial charge is 0.241 e. The first-order valence-electron chi connectivity index (χ1n) is 8.09. The summed E-state index contributed by atoms with van der Waals surface area (Å²) in [6.45, 7) is 0.285. The van der Waals surface area contributed by atoms with Gasteiger partial charge in [-0.1, -0.05) is 24.3 Å². The second-order valence-corrected chi connectivity index (χ2v) is 7.44. The maximum Gasteiger partial charge on any atom is 0.241 e. The van der Waals surface area contributed by atoms with Gasteiger partial charge in [-0.2, -0.15) is 0 Å². The number of hydrogen-bond donors (Lipinski definition) is 3. The lowest BCUT2D eigenvalue weighted by Gasteiger charge is -2.12. The Balaban J connectivity index is 2.03. The molecule has 9 heteroatoms. The molecule has 140 valence electrons. The van der Waals surface area contributed by atoms with Gasteiger partial charge in [0.1, 0.15) is 11.6 Å². The fraction of sp³-hybridized carbons (Fsp3) is 0.111. The first-order chi connectivity index (χ1) is 12.9. The van der Waals surface area contributed by atoms with Crippen LogP contribution in [-0.4, -0.2) is 31.5 Å². The van der Waals surface area contributed by atoms with Crippen molar-refractivity contribution in [2.24, 2.45) is 5.73 Å². The van der Waals surface area contributed by atoms with E-state index in [9.17, 15) is 12.8 Å². The Bertz CT molecular complexity index is 1060. The van der Waals surface area contributed by atoms with Gasteiger partial charge in [-0.25, -0.2) is 22.5 Å². The van der Waals surface area contributed by atoms with Gasteiger partial charge in [0.25, 0.3) is 0 Å². The van der Waals surface area contributed by atoms with E-state index in [-0.39, 0.29) is 29.4 Å². The molecule has 0 aliphatic carbocycles. The summed E-state index contributed by atoms with van der Waals surface area (Å²) in [7, 11) is -3.77. The van der Waals surface area contributed by atoms with E-state index in [4.69, 9.17) is 11.5 Å². The highest BCUT2D eigenvalue weighted by Crippen LogP contribution is 2.30. The van der Waals surface area contributed by atoms with Crippen LogP contribution in [0.3, 0.4) is 0 Å². The summed E-state index contributed by atoms with van der Waals surface area (Å²) in [5.74, 6) is -0.311. The van der Waals surface area contributed by atoms with Gasteiger partial charge >= 0.3 is 0 Å². The van der Waals surface area contributed by atoms with Crippen LogP contribution in [0.1, 0.15) is 0 Å². The molecular weight excluding hydrogens is 369 g/mol. The largest absolute Gasteiger partial charge is 0.382 e. The number of sulfonamides is 1. The van der Waals surface area contributed by atoms with E-state index in [1.807, 2.05) is 0 Å². The van der Waals surface area contributed by atoms with Gasteiger partial charge in [-0.15, -0.1) is 0 Å². The van der Waals surface area contributed by atoms with Crippen LogP contribution in [0.4, 0.5) is 10.2 Å². The van der Waals surface area contributed by atoms with Crippen molar-refractivity contribution in [2.45, 2.75) is 4.90 Å². The molecule has 0 aliphatic rings. The third-order valence-corrected chi connectivity index (χ3v) is 5.36. The quantitative estimate of drug-likeness (QED) is 0.592. The molecule has 2 aromatic carbocycles. The standard InChI is InChI=1S/C18H18FN5O2S/c19-15-9-12(5-6-14(15)16-10-23-18(21)11-22-16)13-3-1-2-4-17(13)27(25,26)24-8-7-20/h1-6,9-11,24H,7-8,20H2,(H2,21,23). The van der Waals surface area contributed by atoms with Crippen LogP contribution in [0.2, 0.25) is 0 Å². The first kappa shape index (κ1) is 18.9. The number of nitrogens with two attached hydrogens (primary N) is 2. The van der Waals surface area contributed by atoms with Gasteiger partial charge in [0.05, 0.1) is 23.0 Å². The van der Waals surface area contributed by atoms with Gasteiger partial charge in [-0.05, 0) is 23.8 Å². The monoisotopic (exact) mass is 387 g/mol. The molecule has 0 amide bonds. The second-order valence-electron chi connectivity index (χ2n) is 5.70. The van der Waals surface area contributed by atoms with Crippen molar-refractivity contribution in [1.29, 1.82) is 0 Å². The fourth-order valence-electron chi connectivity index (χ4n) is 2.58. The molecule has 0 unspecified atom stereocenters. The Morgan fingerprint density at radius 2 is 1.81 bits per heavy atom. The first-order valence-corrected chi connectivity index (χ1v) is 9.57. The predicted molar refractivity (Wildman–Crippen MR) is 102 cm³/mol. The zero-order valence-electron chi connectivity index (χ0n) is 14.3. The molecule has 5 N–H and O–H groups in total. The molecule has 1 aromatic heterocycles. The number of nitrogens with one attached hydrogen (secondary N) is 1. The van der Waals surface area contributed by atoms with Gasteiger partial charge in [-0.3, -0.25) is 4.98 Å². The van der Waals surface area contributed by atoms with E-state index in [1.54, 1.807) is 24.3 Å². The van der Waals surface area contributed by atoms with Crippen LogP contribution in [0.25, 0.3) is 22.4 Å². The number of benzene rings is 2. The highest BCUT2D eigenvalue weighted by Gasteiger charge is 2.19.